The van der Waals surface area contributed by atoms with E-state index in [1.807, 2.05) is 6.07 Å². The van der Waals surface area contributed by atoms with E-state index in [2.05, 4.69) is 0 Å². The van der Waals surface area contributed by atoms with Gasteiger partial charge in [0.1, 0.15) is 5.84 Å². The van der Waals surface area contributed by atoms with Crippen molar-refractivity contribution >= 4 is 55.5 Å². The number of nitrogens with two attached hydrogens (primary N) is 1. The third-order valence-corrected chi connectivity index (χ3v) is 8.15. The smallest absolute Gasteiger partial charge is 0.243 e. The number of hydrogen-bond acceptors (Lipinski definition) is 5. The summed E-state index contributed by atoms with van der Waals surface area (Å²) in [5.74, 6) is -0.263. The lowest BCUT2D eigenvalue weighted by Gasteiger charge is -2.33. The minimum absolute atomic E-state index is 0.00820. The van der Waals surface area contributed by atoms with E-state index >= 15 is 0 Å². The van der Waals surface area contributed by atoms with Crippen molar-refractivity contribution in [2.24, 2.45) is 5.73 Å². The zero-order valence-electron chi connectivity index (χ0n) is 15.8. The summed E-state index contributed by atoms with van der Waals surface area (Å²) in [5.41, 5.74) is 5.48. The van der Waals surface area contributed by atoms with E-state index in [4.69, 9.17) is 22.7 Å². The van der Waals surface area contributed by atoms with Crippen LogP contribution in [0.15, 0.2) is 53.4 Å². The van der Waals surface area contributed by atoms with Gasteiger partial charge in [-0.1, -0.05) is 23.7 Å². The van der Waals surface area contributed by atoms with Crippen LogP contribution in [0.25, 0.3) is 10.8 Å². The highest BCUT2D eigenvalue weighted by molar-refractivity contribution is 7.89. The van der Waals surface area contributed by atoms with Crippen LogP contribution in [0, 0.1) is 5.41 Å². The zero-order chi connectivity index (χ0) is 21.5. The van der Waals surface area contributed by atoms with E-state index in [1.165, 1.54) is 15.6 Å². The molecule has 7 nitrogen and oxygen atoms in total. The topological polar surface area (TPSA) is 108 Å². The molecule has 10 heteroatoms. The number of benzene rings is 2. The third-order valence-electron chi connectivity index (χ3n) is 4.97. The first kappa shape index (κ1) is 20.8. The molecule has 1 amide bonds. The van der Waals surface area contributed by atoms with Gasteiger partial charge in [-0.2, -0.15) is 4.31 Å². The Morgan fingerprint density at radius 2 is 1.83 bits per heavy atom. The van der Waals surface area contributed by atoms with Crippen LogP contribution in [0.3, 0.4) is 0 Å². The highest BCUT2D eigenvalue weighted by atomic mass is 35.5. The fourth-order valence-corrected chi connectivity index (χ4v) is 5.84. The van der Waals surface area contributed by atoms with Crippen molar-refractivity contribution in [2.75, 3.05) is 19.6 Å². The lowest BCUT2D eigenvalue weighted by atomic mass is 10.1. The molecule has 1 saturated heterocycles. The molecule has 0 atom stereocenters. The summed E-state index contributed by atoms with van der Waals surface area (Å²) in [4.78, 5) is 16.0. The summed E-state index contributed by atoms with van der Waals surface area (Å²) < 4.78 is 27.4. The minimum atomic E-state index is -3.79. The van der Waals surface area contributed by atoms with Crippen molar-refractivity contribution in [1.82, 2.24) is 9.21 Å². The molecule has 3 N–H and O–H groups in total. The van der Waals surface area contributed by atoms with Crippen LogP contribution in [0.5, 0.6) is 0 Å². The average molecular weight is 463 g/mol. The number of sulfonamides is 1. The Morgan fingerprint density at radius 1 is 1.10 bits per heavy atom. The number of amidine groups is 1. The number of thiophene rings is 1. The molecule has 0 radical (unpaired) electrons. The molecular weight excluding hydrogens is 444 g/mol. The van der Waals surface area contributed by atoms with Crippen molar-refractivity contribution in [3.8, 4) is 0 Å². The summed E-state index contributed by atoms with van der Waals surface area (Å²) in [6, 6.07) is 13.7. The van der Waals surface area contributed by atoms with E-state index in [0.717, 1.165) is 15.6 Å². The van der Waals surface area contributed by atoms with Gasteiger partial charge in [0, 0.05) is 23.0 Å². The molecule has 0 aliphatic carbocycles. The van der Waals surface area contributed by atoms with Crippen molar-refractivity contribution in [3.05, 3.63) is 63.3 Å². The number of amides is 1. The molecule has 1 aromatic heterocycles. The van der Waals surface area contributed by atoms with Crippen molar-refractivity contribution in [3.63, 3.8) is 0 Å². The number of nitrogens with zero attached hydrogens (tertiary/aromatic N) is 2. The normalized spacial score (nSPS) is 15.6. The Balaban J connectivity index is 1.49. The SMILES string of the molecule is N=C(N)c1ccc(CN2CCN(S(=O)(=O)c3ccc4cc(Cl)ccc4c3)CC2=O)s1. The summed E-state index contributed by atoms with van der Waals surface area (Å²) >= 11 is 7.35. The second-order valence-corrected chi connectivity index (χ2v) is 10.5. The van der Waals surface area contributed by atoms with E-state index in [-0.39, 0.29) is 29.7 Å². The fraction of sp³-hybridized carbons (Fsp3) is 0.200. The van der Waals surface area contributed by atoms with Gasteiger partial charge in [0.2, 0.25) is 15.9 Å². The number of nitrogen functional groups attached to an aromatic ring is 1. The Morgan fingerprint density at radius 3 is 2.53 bits per heavy atom. The fourth-order valence-electron chi connectivity index (χ4n) is 3.36. The van der Waals surface area contributed by atoms with Crippen LogP contribution in [0.2, 0.25) is 5.02 Å². The van der Waals surface area contributed by atoms with Crippen LogP contribution in [-0.2, 0) is 21.4 Å². The van der Waals surface area contributed by atoms with Gasteiger partial charge in [-0.25, -0.2) is 8.42 Å². The first-order valence-corrected chi connectivity index (χ1v) is 11.8. The molecular formula is C20H19ClN4O3S2. The lowest BCUT2D eigenvalue weighted by molar-refractivity contribution is -0.134. The van der Waals surface area contributed by atoms with Crippen LogP contribution >= 0.6 is 22.9 Å². The molecule has 1 aliphatic rings. The van der Waals surface area contributed by atoms with Gasteiger partial charge in [0.05, 0.1) is 22.9 Å². The molecule has 156 valence electrons. The first-order valence-electron chi connectivity index (χ1n) is 9.14. The van der Waals surface area contributed by atoms with Crippen LogP contribution < -0.4 is 5.73 Å². The molecule has 1 aliphatic heterocycles. The van der Waals surface area contributed by atoms with E-state index in [9.17, 15) is 13.2 Å². The van der Waals surface area contributed by atoms with Gasteiger partial charge in [0.25, 0.3) is 0 Å². The predicted octanol–water partition coefficient (Wildman–Crippen LogP) is 2.87. The summed E-state index contributed by atoms with van der Waals surface area (Å²) in [6.45, 7) is 0.694. The average Bonchev–Trinajstić information content (AvgIpc) is 3.18. The van der Waals surface area contributed by atoms with Gasteiger partial charge < -0.3 is 10.6 Å². The van der Waals surface area contributed by atoms with Crippen molar-refractivity contribution < 1.29 is 13.2 Å². The Labute approximate surface area is 183 Å². The lowest BCUT2D eigenvalue weighted by Crippen LogP contribution is -2.51. The Bertz CT molecular complexity index is 1260. The summed E-state index contributed by atoms with van der Waals surface area (Å²) in [7, 11) is -3.79. The maximum Gasteiger partial charge on any atom is 0.243 e. The molecule has 30 heavy (non-hydrogen) atoms. The number of carbonyl (C=O) groups is 1. The number of fused-ring (bicyclic) bond motifs is 1. The van der Waals surface area contributed by atoms with Crippen LogP contribution in [0.1, 0.15) is 9.75 Å². The van der Waals surface area contributed by atoms with Gasteiger partial charge >= 0.3 is 0 Å². The quantitative estimate of drug-likeness (QED) is 0.449. The molecule has 2 aromatic carbocycles. The molecule has 0 unspecified atom stereocenters. The van der Waals surface area contributed by atoms with Crippen molar-refractivity contribution in [2.45, 2.75) is 11.4 Å². The van der Waals surface area contributed by atoms with E-state index < -0.39 is 10.0 Å². The zero-order valence-corrected chi connectivity index (χ0v) is 18.2. The van der Waals surface area contributed by atoms with E-state index in [0.29, 0.717) is 23.0 Å². The Hall–Kier alpha value is -2.46. The second-order valence-electron chi connectivity index (χ2n) is 6.99. The summed E-state index contributed by atoms with van der Waals surface area (Å²) in [6.07, 6.45) is 0. The predicted molar refractivity (Wildman–Crippen MR) is 118 cm³/mol. The number of halogens is 1. The van der Waals surface area contributed by atoms with Gasteiger partial charge in [0.15, 0.2) is 0 Å². The van der Waals surface area contributed by atoms with E-state index in [1.54, 1.807) is 47.4 Å². The standard InChI is InChI=1S/C20H19ClN4O3S2/c21-15-3-1-14-10-17(5-2-13(14)9-15)30(27,28)25-8-7-24(19(26)12-25)11-16-4-6-18(29-16)20(22)23/h1-6,9-10H,7-8,11-12H2,(H3,22,23). The largest absolute Gasteiger partial charge is 0.383 e. The molecule has 4 rings (SSSR count). The number of hydrogen-bond donors (Lipinski definition) is 2. The third kappa shape index (κ3) is 4.06. The Kier molecular flexibility index (Phi) is 5.54. The molecule has 0 saturated carbocycles. The van der Waals surface area contributed by atoms with Gasteiger partial charge in [-0.15, -0.1) is 11.3 Å². The first-order chi connectivity index (χ1) is 14.2. The monoisotopic (exact) mass is 462 g/mol. The second kappa shape index (κ2) is 7.99. The number of piperazine rings is 1. The number of nitrogens with one attached hydrogen (secondary N) is 1. The number of carbonyl (C=O) groups excluding carboxylic acids is 1. The molecule has 2 heterocycles. The van der Waals surface area contributed by atoms with Crippen molar-refractivity contribution in [1.29, 1.82) is 5.41 Å². The number of rotatable bonds is 5. The maximum absolute atomic E-state index is 13.1. The van der Waals surface area contributed by atoms with Crippen LogP contribution in [0.4, 0.5) is 0 Å². The highest BCUT2D eigenvalue weighted by Crippen LogP contribution is 2.26. The molecule has 1 fully saturated rings. The molecule has 0 bridgehead atoms. The molecule has 3 aromatic rings. The van der Waals surface area contributed by atoms with Crippen LogP contribution in [-0.4, -0.2) is 49.0 Å². The summed E-state index contributed by atoms with van der Waals surface area (Å²) in [5, 5.41) is 9.68. The maximum atomic E-state index is 13.1. The van der Waals surface area contributed by atoms with Gasteiger partial charge in [-0.05, 0) is 47.2 Å². The minimum Gasteiger partial charge on any atom is -0.383 e. The highest BCUT2D eigenvalue weighted by Gasteiger charge is 2.33. The van der Waals surface area contributed by atoms with Gasteiger partial charge in [-0.3, -0.25) is 10.2 Å². The molecule has 0 spiro atoms.